The maximum absolute atomic E-state index is 9.56. The molecule has 0 saturated heterocycles. The van der Waals surface area contributed by atoms with E-state index < -0.39 is 5.54 Å². The number of hydrogen-bond acceptors (Lipinski definition) is 4. The van der Waals surface area contributed by atoms with Gasteiger partial charge in [0.25, 0.3) is 0 Å². The number of aromatic hydroxyl groups is 1. The largest absolute Gasteiger partial charge is 0.508 e. The van der Waals surface area contributed by atoms with Crippen molar-refractivity contribution in [2.24, 2.45) is 15.2 Å². The first-order valence-corrected chi connectivity index (χ1v) is 8.36. The maximum atomic E-state index is 9.56. The predicted molar refractivity (Wildman–Crippen MR) is 104 cm³/mol. The Morgan fingerprint density at radius 1 is 0.692 bits per heavy atom. The number of phenolic OH excluding ortho intramolecular Hbond substituents is 1. The first kappa shape index (κ1) is 16.0. The SMILES string of the molecule is Oc1ccc(C2(c3ccc(N=Nc4ccccc4)cc3)C=CC=N2)cc1. The van der Waals surface area contributed by atoms with Gasteiger partial charge in [0.1, 0.15) is 11.3 Å². The molecule has 0 fully saturated rings. The molecule has 1 heterocycles. The molecule has 4 rings (SSSR count). The Bertz CT molecular complexity index is 960. The molecule has 1 N–H and O–H groups in total. The van der Waals surface area contributed by atoms with Crippen LogP contribution in [0.15, 0.2) is 106 Å². The van der Waals surface area contributed by atoms with Crippen molar-refractivity contribution in [3.05, 3.63) is 102 Å². The van der Waals surface area contributed by atoms with E-state index in [4.69, 9.17) is 0 Å². The van der Waals surface area contributed by atoms with Crippen LogP contribution in [0, 0.1) is 0 Å². The van der Waals surface area contributed by atoms with Crippen LogP contribution < -0.4 is 0 Å². The number of allylic oxidation sites excluding steroid dienone is 1. The molecule has 26 heavy (non-hydrogen) atoms. The van der Waals surface area contributed by atoms with E-state index in [1.165, 1.54) is 0 Å². The molecule has 1 aliphatic heterocycles. The van der Waals surface area contributed by atoms with Crippen molar-refractivity contribution >= 4 is 17.6 Å². The lowest BCUT2D eigenvalue weighted by atomic mass is 9.84. The summed E-state index contributed by atoms with van der Waals surface area (Å²) in [5.41, 5.74) is 3.07. The second-order valence-electron chi connectivity index (χ2n) is 6.03. The van der Waals surface area contributed by atoms with Crippen molar-refractivity contribution < 1.29 is 5.11 Å². The smallest absolute Gasteiger partial charge is 0.129 e. The van der Waals surface area contributed by atoms with Crippen LogP contribution in [-0.2, 0) is 5.54 Å². The molecule has 4 heteroatoms. The Labute approximate surface area is 151 Å². The van der Waals surface area contributed by atoms with Crippen LogP contribution in [0.2, 0.25) is 0 Å². The van der Waals surface area contributed by atoms with E-state index in [1.54, 1.807) is 18.3 Å². The lowest BCUT2D eigenvalue weighted by Gasteiger charge is -2.25. The van der Waals surface area contributed by atoms with Gasteiger partial charge in [-0.05, 0) is 59.7 Å². The first-order valence-electron chi connectivity index (χ1n) is 8.36. The Hall–Kier alpha value is -3.53. The molecule has 0 aliphatic carbocycles. The molecule has 1 aliphatic rings. The summed E-state index contributed by atoms with van der Waals surface area (Å²) in [4.78, 5) is 4.69. The Kier molecular flexibility index (Phi) is 4.15. The summed E-state index contributed by atoms with van der Waals surface area (Å²) in [5, 5.41) is 18.1. The fraction of sp³-hybridized carbons (Fsp3) is 0.0455. The zero-order chi connectivity index (χ0) is 17.8. The second kappa shape index (κ2) is 6.76. The van der Waals surface area contributed by atoms with Gasteiger partial charge in [0, 0.05) is 6.21 Å². The molecule has 0 bridgehead atoms. The van der Waals surface area contributed by atoms with E-state index in [-0.39, 0.29) is 5.75 Å². The van der Waals surface area contributed by atoms with Crippen molar-refractivity contribution in [1.29, 1.82) is 0 Å². The van der Waals surface area contributed by atoms with Gasteiger partial charge in [-0.25, -0.2) is 0 Å². The molecular weight excluding hydrogens is 322 g/mol. The van der Waals surface area contributed by atoms with E-state index in [9.17, 15) is 5.11 Å². The van der Waals surface area contributed by atoms with E-state index in [2.05, 4.69) is 21.3 Å². The zero-order valence-electron chi connectivity index (χ0n) is 14.0. The van der Waals surface area contributed by atoms with Crippen LogP contribution >= 0.6 is 0 Å². The molecular formula is C22H17N3O. The average molecular weight is 339 g/mol. The van der Waals surface area contributed by atoms with E-state index in [0.717, 1.165) is 22.5 Å². The minimum atomic E-state index is -0.567. The van der Waals surface area contributed by atoms with Crippen LogP contribution in [0.25, 0.3) is 0 Å². The molecule has 126 valence electrons. The Morgan fingerprint density at radius 2 is 1.27 bits per heavy atom. The molecule has 4 nitrogen and oxygen atoms in total. The van der Waals surface area contributed by atoms with Gasteiger partial charge in [0.2, 0.25) is 0 Å². The number of hydrogen-bond donors (Lipinski definition) is 1. The summed E-state index contributed by atoms with van der Waals surface area (Å²) in [6.45, 7) is 0. The normalized spacial score (nSPS) is 18.6. The van der Waals surface area contributed by atoms with Gasteiger partial charge in [-0.2, -0.15) is 10.2 Å². The van der Waals surface area contributed by atoms with Gasteiger partial charge in [0.05, 0.1) is 11.4 Å². The van der Waals surface area contributed by atoms with Crippen molar-refractivity contribution in [3.8, 4) is 5.75 Å². The van der Waals surface area contributed by atoms with Crippen molar-refractivity contribution in [1.82, 2.24) is 0 Å². The standard InChI is InChI=1S/C22H17N3O/c26-21-13-9-18(10-14-21)22(15-4-16-23-22)17-7-11-20(12-8-17)25-24-19-5-2-1-3-6-19/h1-16,26H. The summed E-state index contributed by atoms with van der Waals surface area (Å²) in [6, 6.07) is 24.7. The van der Waals surface area contributed by atoms with E-state index in [0.29, 0.717) is 0 Å². The van der Waals surface area contributed by atoms with Crippen LogP contribution in [0.3, 0.4) is 0 Å². The molecule has 1 atom stereocenters. The zero-order valence-corrected chi connectivity index (χ0v) is 14.0. The molecule has 0 aromatic heterocycles. The van der Waals surface area contributed by atoms with Crippen LogP contribution in [-0.4, -0.2) is 11.3 Å². The molecule has 0 spiro atoms. The van der Waals surface area contributed by atoms with Crippen molar-refractivity contribution in [2.45, 2.75) is 5.54 Å². The maximum Gasteiger partial charge on any atom is 0.129 e. The van der Waals surface area contributed by atoms with Gasteiger partial charge < -0.3 is 5.11 Å². The topological polar surface area (TPSA) is 57.3 Å². The van der Waals surface area contributed by atoms with Gasteiger partial charge in [0.15, 0.2) is 0 Å². The van der Waals surface area contributed by atoms with Crippen LogP contribution in [0.5, 0.6) is 5.75 Å². The van der Waals surface area contributed by atoms with Gasteiger partial charge in [-0.3, -0.25) is 4.99 Å². The van der Waals surface area contributed by atoms with Gasteiger partial charge >= 0.3 is 0 Å². The first-order chi connectivity index (χ1) is 12.8. The Balaban J connectivity index is 1.64. The summed E-state index contributed by atoms with van der Waals surface area (Å²) in [7, 11) is 0. The number of benzene rings is 3. The summed E-state index contributed by atoms with van der Waals surface area (Å²) in [6.07, 6.45) is 5.80. The third kappa shape index (κ3) is 3.05. The van der Waals surface area contributed by atoms with Crippen LogP contribution in [0.1, 0.15) is 11.1 Å². The third-order valence-corrected chi connectivity index (χ3v) is 4.35. The highest BCUT2D eigenvalue weighted by Crippen LogP contribution is 2.38. The number of nitrogens with zero attached hydrogens (tertiary/aromatic N) is 3. The molecule has 0 saturated carbocycles. The minimum absolute atomic E-state index is 0.242. The number of aliphatic imine (C=N–C) groups is 1. The predicted octanol–water partition coefficient (Wildman–Crippen LogP) is 5.69. The third-order valence-electron chi connectivity index (χ3n) is 4.35. The molecule has 3 aromatic carbocycles. The summed E-state index contributed by atoms with van der Waals surface area (Å²) < 4.78 is 0. The van der Waals surface area contributed by atoms with Gasteiger partial charge in [-0.1, -0.05) is 42.5 Å². The quantitative estimate of drug-likeness (QED) is 0.610. The van der Waals surface area contributed by atoms with E-state index >= 15 is 0 Å². The average Bonchev–Trinajstić information content (AvgIpc) is 3.19. The molecule has 0 radical (unpaired) electrons. The monoisotopic (exact) mass is 339 g/mol. The molecule has 3 aromatic rings. The number of azo groups is 1. The fourth-order valence-electron chi connectivity index (χ4n) is 3.00. The second-order valence-corrected chi connectivity index (χ2v) is 6.03. The van der Waals surface area contributed by atoms with Crippen molar-refractivity contribution in [2.75, 3.05) is 0 Å². The fourth-order valence-corrected chi connectivity index (χ4v) is 3.00. The molecule has 1 unspecified atom stereocenters. The lowest BCUT2D eigenvalue weighted by molar-refractivity contribution is 0.474. The van der Waals surface area contributed by atoms with Crippen LogP contribution in [0.4, 0.5) is 11.4 Å². The molecule has 0 amide bonds. The number of phenols is 1. The van der Waals surface area contributed by atoms with Gasteiger partial charge in [-0.15, -0.1) is 0 Å². The minimum Gasteiger partial charge on any atom is -0.508 e. The highest BCUT2D eigenvalue weighted by atomic mass is 16.3. The highest BCUT2D eigenvalue weighted by Gasteiger charge is 2.32. The number of rotatable bonds is 4. The van der Waals surface area contributed by atoms with Crippen molar-refractivity contribution in [3.63, 3.8) is 0 Å². The summed E-state index contributed by atoms with van der Waals surface area (Å²) in [5.74, 6) is 0.242. The van der Waals surface area contributed by atoms with E-state index in [1.807, 2.05) is 72.8 Å². The Morgan fingerprint density at radius 3 is 1.85 bits per heavy atom. The lowest BCUT2D eigenvalue weighted by Crippen LogP contribution is -2.20. The highest BCUT2D eigenvalue weighted by molar-refractivity contribution is 5.77. The summed E-state index contributed by atoms with van der Waals surface area (Å²) >= 11 is 0.